The van der Waals surface area contributed by atoms with Gasteiger partial charge in [0.15, 0.2) is 0 Å². The summed E-state index contributed by atoms with van der Waals surface area (Å²) in [6.45, 7) is 2.74. The van der Waals surface area contributed by atoms with Crippen molar-refractivity contribution in [2.24, 2.45) is 0 Å². The van der Waals surface area contributed by atoms with Gasteiger partial charge < -0.3 is 14.6 Å². The van der Waals surface area contributed by atoms with E-state index in [1.54, 1.807) is 25.4 Å². The van der Waals surface area contributed by atoms with Crippen molar-refractivity contribution in [1.82, 2.24) is 4.98 Å². The maximum absolute atomic E-state index is 13.6. The number of rotatable bonds is 7. The molecule has 0 aliphatic heterocycles. The molecule has 0 aliphatic rings. The normalized spacial score (nSPS) is 10.6. The van der Waals surface area contributed by atoms with Crippen molar-refractivity contribution in [3.63, 3.8) is 0 Å². The first-order chi connectivity index (χ1) is 17.1. The van der Waals surface area contributed by atoms with Crippen LogP contribution in [0.2, 0.25) is 0 Å². The summed E-state index contributed by atoms with van der Waals surface area (Å²) < 4.78 is 11.3. The average molecular weight is 468 g/mol. The van der Waals surface area contributed by atoms with Crippen LogP contribution in [0.3, 0.4) is 0 Å². The second-order valence-electron chi connectivity index (χ2n) is 7.75. The van der Waals surface area contributed by atoms with Gasteiger partial charge in [0, 0.05) is 47.1 Å². The first-order valence-electron chi connectivity index (χ1n) is 11.3. The van der Waals surface area contributed by atoms with Crippen molar-refractivity contribution in [2.45, 2.75) is 20.5 Å². The fourth-order valence-electron chi connectivity index (χ4n) is 4.20. The summed E-state index contributed by atoms with van der Waals surface area (Å²) in [7, 11) is 0. The van der Waals surface area contributed by atoms with Gasteiger partial charge in [-0.2, -0.15) is 0 Å². The fourth-order valence-corrected chi connectivity index (χ4v) is 4.20. The maximum atomic E-state index is 13.6. The number of hydrogen-bond acceptors (Lipinski definition) is 6. The quantitative estimate of drug-likeness (QED) is 0.278. The van der Waals surface area contributed by atoms with E-state index >= 15 is 0 Å². The highest BCUT2D eigenvalue weighted by Gasteiger charge is 2.31. The van der Waals surface area contributed by atoms with Gasteiger partial charge in [0.05, 0.1) is 18.8 Å². The number of aromatic nitrogens is 1. The topological polar surface area (TPSA) is 85.7 Å². The van der Waals surface area contributed by atoms with E-state index in [9.17, 15) is 14.7 Å². The second kappa shape index (κ2) is 10.8. The molecule has 0 fully saturated rings. The molecule has 0 saturated heterocycles. The van der Waals surface area contributed by atoms with Crippen LogP contribution < -0.4 is 4.74 Å². The minimum atomic E-state index is -0.549. The van der Waals surface area contributed by atoms with E-state index in [0.717, 1.165) is 5.56 Å². The van der Waals surface area contributed by atoms with Gasteiger partial charge in [-0.3, -0.25) is 9.78 Å². The van der Waals surface area contributed by atoms with Crippen molar-refractivity contribution in [3.05, 3.63) is 96.3 Å². The Balaban J connectivity index is 2.28. The Kier molecular flexibility index (Phi) is 7.33. The highest BCUT2D eigenvalue weighted by molar-refractivity contribution is 6.11. The minimum absolute atomic E-state index is 0.170. The zero-order valence-corrected chi connectivity index (χ0v) is 19.5. The van der Waals surface area contributed by atoms with Gasteiger partial charge >= 0.3 is 11.9 Å². The van der Waals surface area contributed by atoms with Crippen LogP contribution in [0.1, 0.15) is 29.8 Å². The van der Waals surface area contributed by atoms with Crippen molar-refractivity contribution in [2.75, 3.05) is 6.61 Å². The lowest BCUT2D eigenvalue weighted by Crippen LogP contribution is -2.15. The van der Waals surface area contributed by atoms with E-state index in [0.29, 0.717) is 33.4 Å². The number of aliphatic hydroxyl groups excluding tert-OH is 1. The molecule has 35 heavy (non-hydrogen) atoms. The van der Waals surface area contributed by atoms with Crippen molar-refractivity contribution in [1.29, 1.82) is 0 Å². The van der Waals surface area contributed by atoms with Crippen LogP contribution in [-0.4, -0.2) is 28.6 Å². The number of hydrogen-bond donors (Lipinski definition) is 1. The molecule has 0 bridgehead atoms. The molecule has 3 aromatic carbocycles. The van der Waals surface area contributed by atoms with Crippen molar-refractivity contribution < 1.29 is 24.2 Å². The Morgan fingerprint density at radius 1 is 0.829 bits per heavy atom. The van der Waals surface area contributed by atoms with E-state index in [4.69, 9.17) is 9.47 Å². The van der Waals surface area contributed by atoms with E-state index in [2.05, 4.69) is 4.98 Å². The first kappa shape index (κ1) is 23.9. The van der Waals surface area contributed by atoms with Gasteiger partial charge in [0.25, 0.3) is 0 Å². The molecular formula is C29H25NO5. The molecule has 6 heteroatoms. The first-order valence-corrected chi connectivity index (χ1v) is 11.3. The lowest BCUT2D eigenvalue weighted by Gasteiger charge is -2.25. The fraction of sp³-hybridized carbons (Fsp3) is 0.138. The van der Waals surface area contributed by atoms with Gasteiger partial charge in [0.1, 0.15) is 5.75 Å². The summed E-state index contributed by atoms with van der Waals surface area (Å²) in [5.74, 6) is -0.912. The minimum Gasteiger partial charge on any atom is -0.462 e. The SMILES string of the molecule is CCOC(=O)c1c(-c2ccccc2)c(CO)c(OC(C)=O)c(-c2cccnc2)c1-c1ccccc1. The van der Waals surface area contributed by atoms with E-state index < -0.39 is 18.5 Å². The zero-order chi connectivity index (χ0) is 24.8. The third-order valence-electron chi connectivity index (χ3n) is 5.51. The lowest BCUT2D eigenvalue weighted by molar-refractivity contribution is -0.131. The zero-order valence-electron chi connectivity index (χ0n) is 19.5. The number of aliphatic hydroxyl groups is 1. The predicted octanol–water partition coefficient (Wildman–Crippen LogP) is 5.68. The average Bonchev–Trinajstić information content (AvgIpc) is 2.89. The molecule has 4 aromatic rings. The molecule has 1 aromatic heterocycles. The van der Waals surface area contributed by atoms with Gasteiger partial charge in [-0.05, 0) is 24.1 Å². The number of carbonyl (C=O) groups excluding carboxylic acids is 2. The van der Waals surface area contributed by atoms with Gasteiger partial charge in [-0.1, -0.05) is 66.7 Å². The summed E-state index contributed by atoms with van der Waals surface area (Å²) in [5, 5.41) is 10.6. The number of esters is 2. The summed E-state index contributed by atoms with van der Waals surface area (Å²) >= 11 is 0. The molecule has 0 saturated carbocycles. The van der Waals surface area contributed by atoms with Crippen LogP contribution in [-0.2, 0) is 16.1 Å². The Hall–Kier alpha value is -4.29. The molecule has 4 rings (SSSR count). The summed E-state index contributed by atoms with van der Waals surface area (Å²) in [6, 6.07) is 22.2. The van der Waals surface area contributed by atoms with Crippen LogP contribution >= 0.6 is 0 Å². The largest absolute Gasteiger partial charge is 0.462 e. The molecular weight excluding hydrogens is 442 g/mol. The van der Waals surface area contributed by atoms with E-state index in [1.165, 1.54) is 6.92 Å². The molecule has 6 nitrogen and oxygen atoms in total. The summed E-state index contributed by atoms with van der Waals surface area (Å²) in [4.78, 5) is 30.1. The second-order valence-corrected chi connectivity index (χ2v) is 7.75. The standard InChI is InChI=1S/C29H25NO5/c1-3-34-29(33)27-24(20-11-6-4-7-12-20)23(18-31)28(35-19(2)32)26(22-15-10-16-30-17-22)25(27)21-13-8-5-9-14-21/h4-17,31H,3,18H2,1-2H3. The van der Waals surface area contributed by atoms with Crippen molar-refractivity contribution >= 4 is 11.9 Å². The summed E-state index contributed by atoms with van der Waals surface area (Å²) in [5.41, 5.74) is 4.09. The Morgan fingerprint density at radius 3 is 1.94 bits per heavy atom. The monoisotopic (exact) mass is 467 g/mol. The molecule has 0 amide bonds. The van der Waals surface area contributed by atoms with Crippen molar-refractivity contribution in [3.8, 4) is 39.1 Å². The predicted molar refractivity (Wildman–Crippen MR) is 134 cm³/mol. The number of ether oxygens (including phenoxy) is 2. The molecule has 0 unspecified atom stereocenters. The number of nitrogens with zero attached hydrogens (tertiary/aromatic N) is 1. The van der Waals surface area contributed by atoms with Gasteiger partial charge in [-0.15, -0.1) is 0 Å². The molecule has 0 atom stereocenters. The number of pyridine rings is 1. The van der Waals surface area contributed by atoms with Crippen LogP contribution in [0.25, 0.3) is 33.4 Å². The molecule has 1 N–H and O–H groups in total. The Morgan fingerprint density at radius 2 is 1.43 bits per heavy atom. The molecule has 0 radical (unpaired) electrons. The van der Waals surface area contributed by atoms with Gasteiger partial charge in [-0.25, -0.2) is 4.79 Å². The molecule has 0 spiro atoms. The summed E-state index contributed by atoms with van der Waals surface area (Å²) in [6.07, 6.45) is 3.27. The van der Waals surface area contributed by atoms with Gasteiger partial charge in [0.2, 0.25) is 0 Å². The Bertz CT molecular complexity index is 1340. The van der Waals surface area contributed by atoms with Crippen LogP contribution in [0.15, 0.2) is 85.2 Å². The third-order valence-corrected chi connectivity index (χ3v) is 5.51. The maximum Gasteiger partial charge on any atom is 0.339 e. The molecule has 0 aliphatic carbocycles. The van der Waals surface area contributed by atoms with Crippen LogP contribution in [0.5, 0.6) is 5.75 Å². The van der Waals surface area contributed by atoms with E-state index in [1.807, 2.05) is 66.7 Å². The highest BCUT2D eigenvalue weighted by atomic mass is 16.5. The number of benzene rings is 3. The Labute approximate surface area is 203 Å². The van der Waals surface area contributed by atoms with E-state index in [-0.39, 0.29) is 17.9 Å². The molecule has 176 valence electrons. The molecule has 1 heterocycles. The number of carbonyl (C=O) groups is 2. The third kappa shape index (κ3) is 4.83. The highest BCUT2D eigenvalue weighted by Crippen LogP contribution is 2.49. The van der Waals surface area contributed by atoms with Crippen LogP contribution in [0.4, 0.5) is 0 Å². The smallest absolute Gasteiger partial charge is 0.339 e. The lowest BCUT2D eigenvalue weighted by atomic mass is 9.82. The van der Waals surface area contributed by atoms with Crippen LogP contribution in [0, 0.1) is 0 Å².